The Morgan fingerprint density at radius 3 is 2.65 bits per heavy atom. The molecule has 1 heterocycles. The average molecular weight is 288 g/mol. The van der Waals surface area contributed by atoms with Crippen LogP contribution in [0.4, 0.5) is 0 Å². The Balaban J connectivity index is 1.61. The number of rotatable bonds is 7. The normalized spacial score (nSPS) is 10.5. The number of nitrogens with zero attached hydrogens (tertiary/aromatic N) is 2. The van der Waals surface area contributed by atoms with Crippen LogP contribution < -0.4 is 4.74 Å². The number of aryl methyl sites for hydroxylation is 2. The first-order chi connectivity index (χ1) is 9.75. The van der Waals surface area contributed by atoms with Crippen LogP contribution >= 0.6 is 11.8 Å². The molecular weight excluding hydrogens is 268 g/mol. The van der Waals surface area contributed by atoms with Crippen molar-refractivity contribution in [3.63, 3.8) is 0 Å². The largest absolute Gasteiger partial charge is 0.494 e. The Morgan fingerprint density at radius 2 is 1.90 bits per heavy atom. The summed E-state index contributed by atoms with van der Waals surface area (Å²) >= 11 is 1.89. The van der Waals surface area contributed by atoms with Crippen LogP contribution in [0.1, 0.15) is 23.1 Å². The van der Waals surface area contributed by atoms with Gasteiger partial charge in [-0.25, -0.2) is 9.97 Å². The summed E-state index contributed by atoms with van der Waals surface area (Å²) in [5.74, 6) is 3.01. The Hall–Kier alpha value is -1.55. The molecule has 0 spiro atoms. The van der Waals surface area contributed by atoms with Crippen molar-refractivity contribution in [1.82, 2.24) is 9.97 Å². The van der Waals surface area contributed by atoms with E-state index in [1.165, 1.54) is 16.7 Å². The molecule has 106 valence electrons. The molecule has 0 N–H and O–H groups in total. The predicted octanol–water partition coefficient (Wildman–Crippen LogP) is 3.80. The van der Waals surface area contributed by atoms with Crippen molar-refractivity contribution in [3.05, 3.63) is 53.6 Å². The number of benzene rings is 1. The first kappa shape index (κ1) is 14.9. The van der Waals surface area contributed by atoms with Crippen molar-refractivity contribution < 1.29 is 4.74 Å². The number of aromatic nitrogens is 2. The van der Waals surface area contributed by atoms with Crippen LogP contribution in [0.25, 0.3) is 0 Å². The van der Waals surface area contributed by atoms with Crippen LogP contribution in [-0.4, -0.2) is 22.3 Å². The van der Waals surface area contributed by atoms with Gasteiger partial charge in [-0.05, 0) is 54.8 Å². The summed E-state index contributed by atoms with van der Waals surface area (Å²) in [6.45, 7) is 4.99. The maximum absolute atomic E-state index is 5.76. The van der Waals surface area contributed by atoms with Crippen molar-refractivity contribution in [1.29, 1.82) is 0 Å². The molecule has 0 aliphatic rings. The van der Waals surface area contributed by atoms with Gasteiger partial charge in [0, 0.05) is 18.1 Å². The number of thioether (sulfide) groups is 1. The summed E-state index contributed by atoms with van der Waals surface area (Å²) in [7, 11) is 0. The molecule has 0 radical (unpaired) electrons. The van der Waals surface area contributed by atoms with Crippen LogP contribution in [0.5, 0.6) is 5.75 Å². The molecule has 0 atom stereocenters. The lowest BCUT2D eigenvalue weighted by atomic mass is 10.1. The molecule has 0 aliphatic carbocycles. The topological polar surface area (TPSA) is 35.0 Å². The molecule has 4 heteroatoms. The molecule has 2 aromatic rings. The molecule has 0 saturated heterocycles. The van der Waals surface area contributed by atoms with E-state index in [-0.39, 0.29) is 0 Å². The minimum atomic E-state index is 0.765. The third-order valence-electron chi connectivity index (χ3n) is 3.06. The first-order valence-corrected chi connectivity index (χ1v) is 7.93. The van der Waals surface area contributed by atoms with E-state index in [1.807, 2.05) is 30.2 Å². The predicted molar refractivity (Wildman–Crippen MR) is 84.2 cm³/mol. The Labute approximate surface area is 124 Å². The minimum Gasteiger partial charge on any atom is -0.494 e. The monoisotopic (exact) mass is 288 g/mol. The van der Waals surface area contributed by atoms with Gasteiger partial charge in [-0.3, -0.25) is 0 Å². The summed E-state index contributed by atoms with van der Waals surface area (Å²) < 4.78 is 5.76. The van der Waals surface area contributed by atoms with Crippen molar-refractivity contribution in [2.45, 2.75) is 26.0 Å². The second kappa shape index (κ2) is 7.90. The van der Waals surface area contributed by atoms with E-state index >= 15 is 0 Å². The van der Waals surface area contributed by atoms with E-state index in [4.69, 9.17) is 4.74 Å². The van der Waals surface area contributed by atoms with Crippen LogP contribution in [0, 0.1) is 13.8 Å². The lowest BCUT2D eigenvalue weighted by molar-refractivity contribution is 0.318. The Bertz CT molecular complexity index is 531. The lowest BCUT2D eigenvalue weighted by Crippen LogP contribution is -1.99. The van der Waals surface area contributed by atoms with E-state index < -0.39 is 0 Å². The fourth-order valence-corrected chi connectivity index (χ4v) is 2.60. The summed E-state index contributed by atoms with van der Waals surface area (Å²) in [6.07, 6.45) is 6.34. The highest BCUT2D eigenvalue weighted by Gasteiger charge is 1.98. The summed E-state index contributed by atoms with van der Waals surface area (Å²) in [5.41, 5.74) is 3.76. The van der Waals surface area contributed by atoms with Gasteiger partial charge in [-0.2, -0.15) is 11.8 Å². The molecule has 20 heavy (non-hydrogen) atoms. The van der Waals surface area contributed by atoms with Gasteiger partial charge in [0.1, 0.15) is 12.1 Å². The number of hydrogen-bond donors (Lipinski definition) is 0. The zero-order chi connectivity index (χ0) is 14.2. The fourth-order valence-electron chi connectivity index (χ4n) is 1.75. The van der Waals surface area contributed by atoms with Gasteiger partial charge in [0.15, 0.2) is 0 Å². The third kappa shape index (κ3) is 4.85. The maximum atomic E-state index is 5.76. The van der Waals surface area contributed by atoms with Gasteiger partial charge in [-0.15, -0.1) is 0 Å². The van der Waals surface area contributed by atoms with Crippen molar-refractivity contribution in [2.75, 3.05) is 12.4 Å². The van der Waals surface area contributed by atoms with E-state index in [0.29, 0.717) is 0 Å². The summed E-state index contributed by atoms with van der Waals surface area (Å²) in [5, 5.41) is 0. The van der Waals surface area contributed by atoms with Gasteiger partial charge in [0.05, 0.1) is 6.61 Å². The zero-order valence-electron chi connectivity index (χ0n) is 12.0. The molecule has 1 aromatic carbocycles. The molecule has 0 amide bonds. The molecule has 3 nitrogen and oxygen atoms in total. The highest BCUT2D eigenvalue weighted by Crippen LogP contribution is 2.17. The molecule has 0 aliphatic heterocycles. The molecule has 0 fully saturated rings. The van der Waals surface area contributed by atoms with Crippen molar-refractivity contribution in [3.8, 4) is 5.75 Å². The van der Waals surface area contributed by atoms with Crippen LogP contribution in [0.15, 0.2) is 36.9 Å². The smallest absolute Gasteiger partial charge is 0.119 e. The molecule has 1 aromatic heterocycles. The molecule has 0 bridgehead atoms. The molecule has 0 saturated carbocycles. The van der Waals surface area contributed by atoms with Gasteiger partial charge in [0.2, 0.25) is 0 Å². The molecule has 0 unspecified atom stereocenters. The molecule has 2 rings (SSSR count). The van der Waals surface area contributed by atoms with Crippen LogP contribution in [-0.2, 0) is 5.75 Å². The average Bonchev–Trinajstić information content (AvgIpc) is 2.47. The highest BCUT2D eigenvalue weighted by atomic mass is 32.2. The summed E-state index contributed by atoms with van der Waals surface area (Å²) in [6, 6.07) is 6.25. The molecular formula is C16H20N2OS. The Kier molecular flexibility index (Phi) is 5.87. The van der Waals surface area contributed by atoms with Gasteiger partial charge < -0.3 is 4.74 Å². The summed E-state index contributed by atoms with van der Waals surface area (Å²) in [4.78, 5) is 8.01. The van der Waals surface area contributed by atoms with Crippen molar-refractivity contribution >= 4 is 11.8 Å². The van der Waals surface area contributed by atoms with Gasteiger partial charge in [-0.1, -0.05) is 6.07 Å². The van der Waals surface area contributed by atoms with E-state index in [1.54, 1.807) is 6.33 Å². The van der Waals surface area contributed by atoms with E-state index in [9.17, 15) is 0 Å². The number of ether oxygens (including phenoxy) is 1. The second-order valence-corrected chi connectivity index (χ2v) is 5.85. The maximum Gasteiger partial charge on any atom is 0.119 e. The minimum absolute atomic E-state index is 0.765. The Morgan fingerprint density at radius 1 is 1.10 bits per heavy atom. The standard InChI is InChI=1S/C16H20N2OS/c1-13-4-5-16(8-14(13)2)19-6-3-7-20-11-15-9-17-12-18-10-15/h4-5,8-10,12H,3,6-7,11H2,1-2H3. The first-order valence-electron chi connectivity index (χ1n) is 6.77. The third-order valence-corrected chi connectivity index (χ3v) is 4.18. The van der Waals surface area contributed by atoms with Gasteiger partial charge in [0.25, 0.3) is 0 Å². The van der Waals surface area contributed by atoms with Crippen molar-refractivity contribution in [2.24, 2.45) is 0 Å². The quantitative estimate of drug-likeness (QED) is 0.726. The van der Waals surface area contributed by atoms with Crippen LogP contribution in [0.3, 0.4) is 0 Å². The lowest BCUT2D eigenvalue weighted by Gasteiger charge is -2.08. The highest BCUT2D eigenvalue weighted by molar-refractivity contribution is 7.98. The second-order valence-electron chi connectivity index (χ2n) is 4.75. The van der Waals surface area contributed by atoms with Gasteiger partial charge >= 0.3 is 0 Å². The van der Waals surface area contributed by atoms with E-state index in [0.717, 1.165) is 30.3 Å². The van der Waals surface area contributed by atoms with E-state index in [2.05, 4.69) is 35.9 Å². The van der Waals surface area contributed by atoms with Crippen LogP contribution in [0.2, 0.25) is 0 Å². The zero-order valence-corrected chi connectivity index (χ0v) is 12.8. The SMILES string of the molecule is Cc1ccc(OCCCSCc2cncnc2)cc1C. The fraction of sp³-hybridized carbons (Fsp3) is 0.375. The number of hydrogen-bond acceptors (Lipinski definition) is 4.